The van der Waals surface area contributed by atoms with Crippen LogP contribution >= 0.6 is 0 Å². The molecule has 0 fully saturated rings. The van der Waals surface area contributed by atoms with Crippen molar-refractivity contribution in [1.29, 1.82) is 0 Å². The van der Waals surface area contributed by atoms with Gasteiger partial charge >= 0.3 is 0 Å². The van der Waals surface area contributed by atoms with Gasteiger partial charge < -0.3 is 0 Å². The first-order valence-electron chi connectivity index (χ1n) is 8.68. The maximum absolute atomic E-state index is 11.7. The summed E-state index contributed by atoms with van der Waals surface area (Å²) in [5, 5.41) is 34.3. The van der Waals surface area contributed by atoms with Crippen molar-refractivity contribution in [3.63, 3.8) is 0 Å². The highest BCUT2D eigenvalue weighted by Crippen LogP contribution is 2.46. The molecule has 0 saturated carbocycles. The van der Waals surface area contributed by atoms with Crippen LogP contribution in [0.15, 0.2) is 59.6 Å². The number of hydrogen-bond donors (Lipinski definition) is 0. The average molecular weight is 404 g/mol. The number of nitro groups is 3. The zero-order valence-corrected chi connectivity index (χ0v) is 15.4. The number of rotatable bonds is 4. The molecule has 0 bridgehead atoms. The highest BCUT2D eigenvalue weighted by atomic mass is 16.6. The molecule has 1 aliphatic rings. The van der Waals surface area contributed by atoms with Crippen molar-refractivity contribution < 1.29 is 14.8 Å². The van der Waals surface area contributed by atoms with E-state index in [9.17, 15) is 30.3 Å². The summed E-state index contributed by atoms with van der Waals surface area (Å²) in [5.41, 5.74) is 1.60. The van der Waals surface area contributed by atoms with Crippen molar-refractivity contribution >= 4 is 28.5 Å². The highest BCUT2D eigenvalue weighted by Gasteiger charge is 2.35. The Hall–Kier alpha value is -4.47. The van der Waals surface area contributed by atoms with Gasteiger partial charge in [0.1, 0.15) is 0 Å². The van der Waals surface area contributed by atoms with E-state index in [0.717, 1.165) is 11.6 Å². The van der Waals surface area contributed by atoms with Crippen molar-refractivity contribution in [2.45, 2.75) is 6.92 Å². The largest absolute Gasteiger partial charge is 0.284 e. The van der Waals surface area contributed by atoms with Gasteiger partial charge in [0.15, 0.2) is 0 Å². The smallest absolute Gasteiger partial charge is 0.258 e. The molecule has 0 spiro atoms. The Morgan fingerprint density at radius 3 is 1.93 bits per heavy atom. The van der Waals surface area contributed by atoms with Crippen LogP contribution in [-0.2, 0) is 0 Å². The summed E-state index contributed by atoms with van der Waals surface area (Å²) in [4.78, 5) is 36.8. The molecule has 0 atom stereocenters. The summed E-state index contributed by atoms with van der Waals surface area (Å²) in [6, 6.07) is 13.1. The molecule has 0 aromatic heterocycles. The Kier molecular flexibility index (Phi) is 4.31. The zero-order chi connectivity index (χ0) is 21.6. The Balaban J connectivity index is 2.07. The molecule has 0 amide bonds. The lowest BCUT2D eigenvalue weighted by Gasteiger charge is -2.04. The van der Waals surface area contributed by atoms with E-state index in [4.69, 9.17) is 0 Å². The van der Waals surface area contributed by atoms with Gasteiger partial charge in [-0.1, -0.05) is 17.7 Å². The molecule has 0 unspecified atom stereocenters. The molecule has 1 aliphatic carbocycles. The molecule has 0 aliphatic heterocycles. The molecule has 0 radical (unpaired) electrons. The third-order valence-electron chi connectivity index (χ3n) is 4.78. The number of aliphatic imine (C=N–C) groups is 1. The topological polar surface area (TPSA) is 142 Å². The highest BCUT2D eigenvalue weighted by molar-refractivity contribution is 6.27. The second-order valence-corrected chi connectivity index (χ2v) is 6.68. The standard InChI is InChI=1S/C20H12N4O6/c1-11-2-4-12(5-3-11)21-20-16-8-13(22(25)26)6-7-15(16)19-17(20)9-14(23(27)28)10-18(19)24(29)30/h2-10H,1H3. The summed E-state index contributed by atoms with van der Waals surface area (Å²) >= 11 is 0. The fourth-order valence-corrected chi connectivity index (χ4v) is 3.40. The van der Waals surface area contributed by atoms with Crippen molar-refractivity contribution in [3.05, 3.63) is 102 Å². The summed E-state index contributed by atoms with van der Waals surface area (Å²) < 4.78 is 0. The minimum absolute atomic E-state index is 0.154. The van der Waals surface area contributed by atoms with Gasteiger partial charge in [-0.2, -0.15) is 0 Å². The van der Waals surface area contributed by atoms with Crippen LogP contribution < -0.4 is 0 Å². The second-order valence-electron chi connectivity index (χ2n) is 6.68. The fraction of sp³-hybridized carbons (Fsp3) is 0.0500. The van der Waals surface area contributed by atoms with Crippen LogP contribution in [0, 0.1) is 37.3 Å². The van der Waals surface area contributed by atoms with E-state index in [1.807, 2.05) is 19.1 Å². The lowest BCUT2D eigenvalue weighted by Crippen LogP contribution is -2.01. The molecule has 0 heterocycles. The van der Waals surface area contributed by atoms with Gasteiger partial charge in [0.2, 0.25) is 0 Å². The molecule has 0 saturated heterocycles. The Morgan fingerprint density at radius 1 is 0.700 bits per heavy atom. The van der Waals surface area contributed by atoms with Crippen LogP contribution in [0.2, 0.25) is 0 Å². The van der Waals surface area contributed by atoms with E-state index in [-0.39, 0.29) is 22.5 Å². The molecule has 10 heteroatoms. The SMILES string of the molecule is Cc1ccc(N=C2c3cc([N+](=O)[O-])ccc3-c3c2cc([N+](=O)[O-])cc3[N+](=O)[O-])cc1. The van der Waals surface area contributed by atoms with Crippen LogP contribution in [0.4, 0.5) is 22.7 Å². The number of benzene rings is 3. The van der Waals surface area contributed by atoms with E-state index >= 15 is 0 Å². The Bertz CT molecular complexity index is 1280. The van der Waals surface area contributed by atoms with Crippen molar-refractivity contribution in [2.24, 2.45) is 4.99 Å². The summed E-state index contributed by atoms with van der Waals surface area (Å²) in [6.07, 6.45) is 0. The number of nitro benzene ring substituents is 3. The monoisotopic (exact) mass is 404 g/mol. The molecular weight excluding hydrogens is 392 g/mol. The van der Waals surface area contributed by atoms with Gasteiger partial charge in [0, 0.05) is 29.3 Å². The second kappa shape index (κ2) is 6.85. The number of aryl methyl sites for hydroxylation is 1. The molecule has 148 valence electrons. The number of nitrogens with zero attached hydrogens (tertiary/aromatic N) is 4. The summed E-state index contributed by atoms with van der Waals surface area (Å²) in [6.45, 7) is 1.90. The van der Waals surface area contributed by atoms with Crippen molar-refractivity contribution in [3.8, 4) is 11.1 Å². The fourth-order valence-electron chi connectivity index (χ4n) is 3.40. The van der Waals surface area contributed by atoms with Gasteiger partial charge in [-0.3, -0.25) is 30.3 Å². The maximum Gasteiger partial charge on any atom is 0.284 e. The van der Waals surface area contributed by atoms with E-state index in [1.165, 1.54) is 24.3 Å². The first-order chi connectivity index (χ1) is 14.3. The summed E-state index contributed by atoms with van der Waals surface area (Å²) in [7, 11) is 0. The first kappa shape index (κ1) is 18.9. The van der Waals surface area contributed by atoms with Crippen LogP contribution in [0.1, 0.15) is 16.7 Å². The van der Waals surface area contributed by atoms with E-state index < -0.39 is 26.1 Å². The minimum Gasteiger partial charge on any atom is -0.258 e. The van der Waals surface area contributed by atoms with Gasteiger partial charge in [-0.25, -0.2) is 4.99 Å². The van der Waals surface area contributed by atoms with E-state index in [0.29, 0.717) is 16.8 Å². The average Bonchev–Trinajstić information content (AvgIpc) is 3.01. The molecule has 30 heavy (non-hydrogen) atoms. The van der Waals surface area contributed by atoms with Crippen LogP contribution in [0.5, 0.6) is 0 Å². The predicted octanol–water partition coefficient (Wildman–Crippen LogP) is 4.87. The molecule has 4 rings (SSSR count). The molecule has 3 aromatic carbocycles. The number of non-ortho nitro benzene ring substituents is 2. The lowest BCUT2D eigenvalue weighted by molar-refractivity contribution is -0.393. The third-order valence-corrected chi connectivity index (χ3v) is 4.78. The third kappa shape index (κ3) is 3.05. The van der Waals surface area contributed by atoms with Gasteiger partial charge in [-0.15, -0.1) is 0 Å². The minimum atomic E-state index is -0.720. The normalized spacial score (nSPS) is 13.0. The number of fused-ring (bicyclic) bond motifs is 3. The van der Waals surface area contributed by atoms with Gasteiger partial charge in [0.25, 0.3) is 17.1 Å². The van der Waals surface area contributed by atoms with Crippen molar-refractivity contribution in [2.75, 3.05) is 0 Å². The Morgan fingerprint density at radius 2 is 1.33 bits per heavy atom. The molecule has 10 nitrogen and oxygen atoms in total. The molecule has 0 N–H and O–H groups in total. The van der Waals surface area contributed by atoms with Crippen LogP contribution in [0.3, 0.4) is 0 Å². The van der Waals surface area contributed by atoms with Gasteiger partial charge in [-0.05, 0) is 30.7 Å². The zero-order valence-electron chi connectivity index (χ0n) is 15.4. The quantitative estimate of drug-likeness (QED) is 0.351. The van der Waals surface area contributed by atoms with Crippen LogP contribution in [0.25, 0.3) is 11.1 Å². The summed E-state index contributed by atoms with van der Waals surface area (Å²) in [5.74, 6) is 0. The lowest BCUT2D eigenvalue weighted by atomic mass is 10.0. The Labute approximate surface area is 168 Å². The van der Waals surface area contributed by atoms with Crippen LogP contribution in [-0.4, -0.2) is 20.5 Å². The molecular formula is C20H12N4O6. The van der Waals surface area contributed by atoms with E-state index in [1.54, 1.807) is 12.1 Å². The maximum atomic E-state index is 11.7. The van der Waals surface area contributed by atoms with Crippen molar-refractivity contribution in [1.82, 2.24) is 0 Å². The first-order valence-corrected chi connectivity index (χ1v) is 8.68. The predicted molar refractivity (Wildman–Crippen MR) is 108 cm³/mol. The number of hydrogen-bond acceptors (Lipinski definition) is 7. The van der Waals surface area contributed by atoms with Gasteiger partial charge in [0.05, 0.1) is 37.8 Å². The van der Waals surface area contributed by atoms with E-state index in [2.05, 4.69) is 4.99 Å². The molecule has 3 aromatic rings.